The van der Waals surface area contributed by atoms with E-state index in [1.807, 2.05) is 6.26 Å². The number of fused-ring (bicyclic) bond motifs is 2. The summed E-state index contributed by atoms with van der Waals surface area (Å²) in [7, 11) is 0. The molecule has 0 spiro atoms. The Labute approximate surface area is 162 Å². The van der Waals surface area contributed by atoms with E-state index < -0.39 is 17.5 Å². The van der Waals surface area contributed by atoms with Gasteiger partial charge in [-0.3, -0.25) is 19.1 Å². The van der Waals surface area contributed by atoms with E-state index in [9.17, 15) is 14.4 Å². The molecule has 0 aliphatic carbocycles. The summed E-state index contributed by atoms with van der Waals surface area (Å²) in [5.41, 5.74) is -0.771. The number of aliphatic imine (C=N–C) groups is 1. The van der Waals surface area contributed by atoms with E-state index in [4.69, 9.17) is 4.74 Å². The minimum Gasteiger partial charge on any atom is -0.349 e. The van der Waals surface area contributed by atoms with E-state index in [1.165, 1.54) is 23.3 Å². The summed E-state index contributed by atoms with van der Waals surface area (Å²) in [6.07, 6.45) is 4.49. The number of nitrogens with zero attached hydrogens (tertiary/aromatic N) is 3. The number of aromatic amines is 1. The first kappa shape index (κ1) is 19.9. The van der Waals surface area contributed by atoms with Crippen LogP contribution in [0.3, 0.4) is 0 Å². The number of amides is 1. The van der Waals surface area contributed by atoms with E-state index in [1.54, 1.807) is 13.1 Å². The van der Waals surface area contributed by atoms with Crippen molar-refractivity contribution in [1.29, 1.82) is 0 Å². The largest absolute Gasteiger partial charge is 0.349 e. The number of aromatic nitrogens is 2. The van der Waals surface area contributed by atoms with E-state index in [-0.39, 0.29) is 23.5 Å². The monoisotopic (exact) mass is 394 g/mol. The first-order chi connectivity index (χ1) is 12.7. The Bertz CT molecular complexity index is 892. The molecule has 0 unspecified atom stereocenters. The van der Waals surface area contributed by atoms with Crippen LogP contribution in [0.4, 0.5) is 0 Å². The quantitative estimate of drug-likeness (QED) is 0.603. The summed E-state index contributed by atoms with van der Waals surface area (Å²) < 4.78 is 7.95. The molecule has 1 aromatic heterocycles. The number of H-pyrrole nitrogens is 1. The minimum absolute atomic E-state index is 0.129. The standard InChI is InChI=1S/C18H26N4O4S/c1-6-18-7-8-21(17(27-5)19-12(4)23)13(11(18)3)15(26-18)22-9-10(2)14(24)20-16(22)25/h9,11,13,15H,6-8H2,1-5H3,(H,20,24,25)/t11-,13+,15+,18-/m0/s1. The zero-order valence-electron chi connectivity index (χ0n) is 16.3. The average molecular weight is 394 g/mol. The van der Waals surface area contributed by atoms with Crippen molar-refractivity contribution < 1.29 is 9.53 Å². The molecule has 2 fully saturated rings. The number of rotatable bonds is 2. The smallest absolute Gasteiger partial charge is 0.330 e. The highest BCUT2D eigenvalue weighted by atomic mass is 32.2. The van der Waals surface area contributed by atoms with Crippen LogP contribution < -0.4 is 11.2 Å². The van der Waals surface area contributed by atoms with Crippen LogP contribution in [0.1, 0.15) is 45.4 Å². The third-order valence-corrected chi connectivity index (χ3v) is 6.52. The maximum absolute atomic E-state index is 12.5. The highest BCUT2D eigenvalue weighted by Gasteiger charge is 2.58. The highest BCUT2D eigenvalue weighted by Crippen LogP contribution is 2.51. The van der Waals surface area contributed by atoms with Crippen LogP contribution in [0.5, 0.6) is 0 Å². The lowest BCUT2D eigenvalue weighted by Gasteiger charge is -2.43. The molecular formula is C18H26N4O4S. The zero-order valence-corrected chi connectivity index (χ0v) is 17.1. The third-order valence-electron chi connectivity index (χ3n) is 5.83. The second kappa shape index (κ2) is 7.27. The molecule has 148 valence electrons. The van der Waals surface area contributed by atoms with Crippen LogP contribution in [-0.2, 0) is 9.53 Å². The fourth-order valence-corrected chi connectivity index (χ4v) is 4.98. The van der Waals surface area contributed by atoms with Gasteiger partial charge in [-0.15, -0.1) is 0 Å². The lowest BCUT2D eigenvalue weighted by atomic mass is 9.77. The molecule has 9 heteroatoms. The number of carbonyl (C=O) groups is 1. The summed E-state index contributed by atoms with van der Waals surface area (Å²) in [5.74, 6) is -0.128. The van der Waals surface area contributed by atoms with Crippen LogP contribution in [0, 0.1) is 12.8 Å². The number of amidine groups is 1. The van der Waals surface area contributed by atoms with Gasteiger partial charge in [0.15, 0.2) is 11.4 Å². The normalized spacial score (nSPS) is 30.6. The van der Waals surface area contributed by atoms with Crippen molar-refractivity contribution in [3.8, 4) is 0 Å². The zero-order chi connectivity index (χ0) is 19.9. The van der Waals surface area contributed by atoms with Crippen molar-refractivity contribution >= 4 is 22.8 Å². The van der Waals surface area contributed by atoms with Crippen molar-refractivity contribution in [1.82, 2.24) is 14.5 Å². The molecule has 0 saturated carbocycles. The van der Waals surface area contributed by atoms with Gasteiger partial charge < -0.3 is 9.64 Å². The number of aryl methyl sites for hydroxylation is 1. The predicted molar refractivity (Wildman–Crippen MR) is 105 cm³/mol. The number of hydrogen-bond donors (Lipinski definition) is 1. The number of ether oxygens (including phenoxy) is 1. The molecule has 0 aromatic carbocycles. The second-order valence-electron chi connectivity index (χ2n) is 7.25. The van der Waals surface area contributed by atoms with Gasteiger partial charge in [0, 0.05) is 31.1 Å². The van der Waals surface area contributed by atoms with Crippen LogP contribution in [0.2, 0.25) is 0 Å². The molecule has 3 heterocycles. The maximum Gasteiger partial charge on any atom is 0.330 e. The summed E-state index contributed by atoms with van der Waals surface area (Å²) >= 11 is 1.41. The number of thioether (sulfide) groups is 1. The Hall–Kier alpha value is -1.87. The Morgan fingerprint density at radius 2 is 2.19 bits per heavy atom. The lowest BCUT2D eigenvalue weighted by molar-refractivity contribution is -0.115. The van der Waals surface area contributed by atoms with E-state index in [0.29, 0.717) is 17.3 Å². The lowest BCUT2D eigenvalue weighted by Crippen LogP contribution is -2.54. The van der Waals surface area contributed by atoms with Crippen molar-refractivity contribution in [2.24, 2.45) is 10.9 Å². The van der Waals surface area contributed by atoms with E-state index in [2.05, 4.69) is 28.7 Å². The number of carbonyl (C=O) groups excluding carboxylic acids is 1. The molecule has 2 bridgehead atoms. The predicted octanol–water partition coefficient (Wildman–Crippen LogP) is 1.50. The fourth-order valence-electron chi connectivity index (χ4n) is 4.31. The van der Waals surface area contributed by atoms with Gasteiger partial charge >= 0.3 is 5.69 Å². The summed E-state index contributed by atoms with van der Waals surface area (Å²) in [6, 6.07) is -0.160. The van der Waals surface area contributed by atoms with Crippen LogP contribution >= 0.6 is 11.8 Å². The number of hydrogen-bond acceptors (Lipinski definition) is 5. The maximum atomic E-state index is 12.5. The Balaban J connectivity index is 2.12. The first-order valence-corrected chi connectivity index (χ1v) is 10.4. The second-order valence-corrected chi connectivity index (χ2v) is 8.02. The van der Waals surface area contributed by atoms with E-state index in [0.717, 1.165) is 12.8 Å². The molecule has 4 atom stereocenters. The van der Waals surface area contributed by atoms with Gasteiger partial charge in [0.1, 0.15) is 0 Å². The van der Waals surface area contributed by atoms with Gasteiger partial charge in [0.05, 0.1) is 11.6 Å². The summed E-state index contributed by atoms with van der Waals surface area (Å²) in [6.45, 7) is 8.00. The van der Waals surface area contributed by atoms with Crippen LogP contribution in [-0.4, -0.2) is 50.0 Å². The molecule has 2 aliphatic heterocycles. The molecule has 27 heavy (non-hydrogen) atoms. The Morgan fingerprint density at radius 1 is 1.48 bits per heavy atom. The topological polar surface area (TPSA) is 96.8 Å². The Kier molecular flexibility index (Phi) is 5.36. The van der Waals surface area contributed by atoms with Gasteiger partial charge in [0.25, 0.3) is 5.56 Å². The van der Waals surface area contributed by atoms with E-state index >= 15 is 0 Å². The summed E-state index contributed by atoms with van der Waals surface area (Å²) in [5, 5.41) is 0.633. The third kappa shape index (κ3) is 3.27. The van der Waals surface area contributed by atoms with Crippen molar-refractivity contribution in [2.45, 2.75) is 58.4 Å². The molecule has 1 aromatic rings. The van der Waals surface area contributed by atoms with Gasteiger partial charge in [-0.25, -0.2) is 4.79 Å². The molecule has 2 saturated heterocycles. The number of likely N-dealkylation sites (tertiary alicyclic amines) is 1. The highest BCUT2D eigenvalue weighted by molar-refractivity contribution is 8.13. The minimum atomic E-state index is -0.560. The number of piperidine rings is 1. The van der Waals surface area contributed by atoms with Crippen molar-refractivity contribution in [2.75, 3.05) is 12.8 Å². The van der Waals surface area contributed by atoms with Crippen LogP contribution in [0.15, 0.2) is 20.8 Å². The van der Waals surface area contributed by atoms with Gasteiger partial charge in [-0.05, 0) is 26.0 Å². The molecule has 1 N–H and O–H groups in total. The molecule has 0 radical (unpaired) electrons. The fraction of sp³-hybridized carbons (Fsp3) is 0.667. The van der Waals surface area contributed by atoms with Gasteiger partial charge in [-0.2, -0.15) is 4.99 Å². The molecule has 2 aliphatic rings. The van der Waals surface area contributed by atoms with Crippen molar-refractivity contribution in [3.63, 3.8) is 0 Å². The van der Waals surface area contributed by atoms with Gasteiger partial charge in [0.2, 0.25) is 5.91 Å². The first-order valence-electron chi connectivity index (χ1n) is 9.14. The number of nitrogens with one attached hydrogen (secondary N) is 1. The molecule has 3 rings (SSSR count). The van der Waals surface area contributed by atoms with Crippen molar-refractivity contribution in [3.05, 3.63) is 32.6 Å². The molecule has 8 nitrogen and oxygen atoms in total. The van der Waals surface area contributed by atoms with Crippen LogP contribution in [0.25, 0.3) is 0 Å². The average Bonchev–Trinajstić information content (AvgIpc) is 2.79. The Morgan fingerprint density at radius 3 is 2.78 bits per heavy atom. The SMILES string of the molecule is CC[C@@]12CCN(C(=NC(C)=O)SC)[C@@H]([C@H](n3cc(C)c(=O)[nH]c3=O)O1)[C@@H]2C. The summed E-state index contributed by atoms with van der Waals surface area (Å²) in [4.78, 5) is 44.5. The molecule has 1 amide bonds. The van der Waals surface area contributed by atoms with Gasteiger partial charge in [-0.1, -0.05) is 25.6 Å². The molecular weight excluding hydrogens is 368 g/mol.